The zero-order valence-corrected chi connectivity index (χ0v) is 18.0. The molecule has 8 atom stereocenters. The second kappa shape index (κ2) is 7.11. The van der Waals surface area contributed by atoms with Crippen molar-refractivity contribution >= 4 is 5.97 Å². The number of ether oxygens (including phenoxy) is 1. The average Bonchev–Trinajstić information content (AvgIpc) is 3.11. The molecule has 0 radical (unpaired) electrons. The quantitative estimate of drug-likeness (QED) is 0.660. The predicted octanol–water partition coefficient (Wildman–Crippen LogP) is 5.62. The summed E-state index contributed by atoms with van der Waals surface area (Å²) in [6.45, 7) is 4.99. The highest BCUT2D eigenvalue weighted by molar-refractivity contribution is 5.89. The molecule has 4 aliphatic rings. The molecule has 1 aromatic rings. The molecule has 0 bridgehead atoms. The normalized spacial score (nSPS) is 46.3. The van der Waals surface area contributed by atoms with E-state index in [1.165, 1.54) is 32.1 Å². The molecule has 0 aromatic heterocycles. The van der Waals surface area contributed by atoms with E-state index in [-0.39, 0.29) is 18.2 Å². The Hall–Kier alpha value is -1.35. The molecular weight excluding hydrogens is 360 g/mol. The van der Waals surface area contributed by atoms with Crippen LogP contribution in [0.1, 0.15) is 82.0 Å². The van der Waals surface area contributed by atoms with E-state index >= 15 is 0 Å². The van der Waals surface area contributed by atoms with Crippen LogP contribution in [0.2, 0.25) is 0 Å². The Balaban J connectivity index is 1.48. The molecule has 3 nitrogen and oxygen atoms in total. The first-order valence-corrected chi connectivity index (χ1v) is 11.8. The first-order valence-electron chi connectivity index (χ1n) is 11.8. The third kappa shape index (κ3) is 3.15. The number of benzene rings is 1. The predicted molar refractivity (Wildman–Crippen MR) is 113 cm³/mol. The van der Waals surface area contributed by atoms with Crippen LogP contribution in [-0.4, -0.2) is 23.3 Å². The molecule has 158 valence electrons. The molecule has 3 heteroatoms. The van der Waals surface area contributed by atoms with Crippen LogP contribution in [0.15, 0.2) is 30.3 Å². The van der Waals surface area contributed by atoms with Crippen LogP contribution in [0.5, 0.6) is 0 Å². The highest BCUT2D eigenvalue weighted by Gasteiger charge is 2.61. The number of rotatable bonds is 2. The number of aliphatic hydroxyl groups excluding tert-OH is 1. The Kier molecular flexibility index (Phi) is 4.81. The molecule has 0 amide bonds. The van der Waals surface area contributed by atoms with Crippen LogP contribution >= 0.6 is 0 Å². The van der Waals surface area contributed by atoms with Crippen molar-refractivity contribution in [1.29, 1.82) is 0 Å². The van der Waals surface area contributed by atoms with Gasteiger partial charge in [-0.2, -0.15) is 0 Å². The second-order valence-corrected chi connectivity index (χ2v) is 11.1. The minimum atomic E-state index is -0.185. The molecule has 0 saturated heterocycles. The fraction of sp³-hybridized carbons (Fsp3) is 0.731. The number of fused-ring (bicyclic) bond motifs is 5. The Morgan fingerprint density at radius 2 is 1.79 bits per heavy atom. The van der Waals surface area contributed by atoms with Crippen LogP contribution in [-0.2, 0) is 4.74 Å². The van der Waals surface area contributed by atoms with Crippen molar-refractivity contribution in [3.8, 4) is 0 Å². The van der Waals surface area contributed by atoms with Crippen LogP contribution in [0.25, 0.3) is 0 Å². The highest BCUT2D eigenvalue weighted by Crippen LogP contribution is 2.66. The van der Waals surface area contributed by atoms with E-state index in [0.717, 1.165) is 25.7 Å². The van der Waals surface area contributed by atoms with Gasteiger partial charge in [0.05, 0.1) is 11.7 Å². The fourth-order valence-electron chi connectivity index (χ4n) is 8.07. The van der Waals surface area contributed by atoms with E-state index in [9.17, 15) is 9.90 Å². The van der Waals surface area contributed by atoms with E-state index in [1.54, 1.807) is 0 Å². The smallest absolute Gasteiger partial charge is 0.338 e. The third-order valence-corrected chi connectivity index (χ3v) is 9.68. The molecule has 0 aliphatic heterocycles. The number of carbonyl (C=O) groups is 1. The minimum Gasteiger partial charge on any atom is -0.458 e. The maximum absolute atomic E-state index is 13.0. The van der Waals surface area contributed by atoms with Gasteiger partial charge in [-0.05, 0) is 92.1 Å². The van der Waals surface area contributed by atoms with Crippen LogP contribution < -0.4 is 0 Å². The zero-order chi connectivity index (χ0) is 20.2. The molecular formula is C26H36O3. The summed E-state index contributed by atoms with van der Waals surface area (Å²) in [7, 11) is 0. The number of aliphatic hydroxyl groups is 1. The van der Waals surface area contributed by atoms with Crippen LogP contribution in [0, 0.1) is 34.5 Å². The van der Waals surface area contributed by atoms with E-state index in [0.29, 0.717) is 40.1 Å². The van der Waals surface area contributed by atoms with Gasteiger partial charge in [-0.3, -0.25) is 0 Å². The van der Waals surface area contributed by atoms with E-state index in [2.05, 4.69) is 13.8 Å². The van der Waals surface area contributed by atoms with Gasteiger partial charge in [-0.1, -0.05) is 38.5 Å². The van der Waals surface area contributed by atoms with Gasteiger partial charge < -0.3 is 9.84 Å². The largest absolute Gasteiger partial charge is 0.458 e. The molecule has 0 spiro atoms. The highest BCUT2D eigenvalue weighted by atomic mass is 16.5. The molecule has 8 unspecified atom stereocenters. The fourth-order valence-corrected chi connectivity index (χ4v) is 8.07. The standard InChI is InChI=1S/C26H36O3/c1-25-12-6-9-20(25)23-21(11-13-25)26(2)14-10-19(27)15-18(26)16-22(23)29-24(28)17-7-4-3-5-8-17/h3-5,7-8,18-23,27H,6,9-16H2,1-2H3. The first kappa shape index (κ1) is 19.6. The Labute approximate surface area is 175 Å². The summed E-state index contributed by atoms with van der Waals surface area (Å²) in [4.78, 5) is 13.0. The number of carbonyl (C=O) groups excluding carboxylic acids is 1. The maximum atomic E-state index is 13.0. The SMILES string of the molecule is CC12CCCC1C1C(OC(=O)c3ccccc3)CC3CC(O)CCC3(C)C1CC2. The van der Waals surface area contributed by atoms with Crippen molar-refractivity contribution in [2.45, 2.75) is 83.8 Å². The van der Waals surface area contributed by atoms with E-state index in [1.807, 2.05) is 30.3 Å². The summed E-state index contributed by atoms with van der Waals surface area (Å²) in [6, 6.07) is 9.47. The number of esters is 1. The first-order chi connectivity index (χ1) is 13.9. The second-order valence-electron chi connectivity index (χ2n) is 11.1. The van der Waals surface area contributed by atoms with Crippen molar-refractivity contribution in [1.82, 2.24) is 0 Å². The molecule has 4 saturated carbocycles. The lowest BCUT2D eigenvalue weighted by atomic mass is 9.44. The molecule has 5 rings (SSSR count). The Bertz CT molecular complexity index is 760. The summed E-state index contributed by atoms with van der Waals surface area (Å²) in [6.07, 6.45) is 10.2. The topological polar surface area (TPSA) is 46.5 Å². The third-order valence-electron chi connectivity index (χ3n) is 9.68. The zero-order valence-electron chi connectivity index (χ0n) is 18.0. The molecule has 4 fully saturated rings. The van der Waals surface area contributed by atoms with Crippen molar-refractivity contribution in [3.63, 3.8) is 0 Å². The van der Waals surface area contributed by atoms with E-state index in [4.69, 9.17) is 4.74 Å². The maximum Gasteiger partial charge on any atom is 0.338 e. The monoisotopic (exact) mass is 396 g/mol. The van der Waals surface area contributed by atoms with Crippen molar-refractivity contribution < 1.29 is 14.6 Å². The average molecular weight is 397 g/mol. The van der Waals surface area contributed by atoms with Crippen molar-refractivity contribution in [2.24, 2.45) is 34.5 Å². The summed E-state index contributed by atoms with van der Waals surface area (Å²) >= 11 is 0. The van der Waals surface area contributed by atoms with Gasteiger partial charge in [0.25, 0.3) is 0 Å². The Morgan fingerprint density at radius 3 is 2.59 bits per heavy atom. The molecule has 29 heavy (non-hydrogen) atoms. The lowest BCUT2D eigenvalue weighted by Crippen LogP contribution is -2.58. The van der Waals surface area contributed by atoms with E-state index < -0.39 is 0 Å². The minimum absolute atomic E-state index is 0.00111. The van der Waals surface area contributed by atoms with Gasteiger partial charge in [0.1, 0.15) is 6.10 Å². The molecule has 1 N–H and O–H groups in total. The lowest BCUT2D eigenvalue weighted by Gasteiger charge is -2.62. The van der Waals surface area contributed by atoms with Crippen molar-refractivity contribution in [2.75, 3.05) is 0 Å². The van der Waals surface area contributed by atoms with Crippen LogP contribution in [0.4, 0.5) is 0 Å². The van der Waals surface area contributed by atoms with Crippen molar-refractivity contribution in [3.05, 3.63) is 35.9 Å². The van der Waals surface area contributed by atoms with Gasteiger partial charge in [0, 0.05) is 5.92 Å². The number of hydrogen-bond acceptors (Lipinski definition) is 3. The van der Waals surface area contributed by atoms with Gasteiger partial charge >= 0.3 is 5.97 Å². The van der Waals surface area contributed by atoms with Gasteiger partial charge in [0.2, 0.25) is 0 Å². The Morgan fingerprint density at radius 1 is 1.00 bits per heavy atom. The summed E-state index contributed by atoms with van der Waals surface area (Å²) < 4.78 is 6.31. The molecule has 0 heterocycles. The summed E-state index contributed by atoms with van der Waals surface area (Å²) in [5.41, 5.74) is 1.38. The lowest BCUT2D eigenvalue weighted by molar-refractivity contribution is -0.169. The molecule has 4 aliphatic carbocycles. The van der Waals surface area contributed by atoms with Gasteiger partial charge in [-0.25, -0.2) is 4.79 Å². The van der Waals surface area contributed by atoms with Gasteiger partial charge in [-0.15, -0.1) is 0 Å². The molecule has 1 aromatic carbocycles. The summed E-state index contributed by atoms with van der Waals surface area (Å²) in [5, 5.41) is 10.4. The van der Waals surface area contributed by atoms with Gasteiger partial charge in [0.15, 0.2) is 0 Å². The number of hydrogen-bond donors (Lipinski definition) is 1. The summed E-state index contributed by atoms with van der Waals surface area (Å²) in [5.74, 6) is 2.09. The van der Waals surface area contributed by atoms with Crippen LogP contribution in [0.3, 0.4) is 0 Å².